The van der Waals surface area contributed by atoms with E-state index in [9.17, 15) is 18.5 Å². The van der Waals surface area contributed by atoms with Crippen molar-refractivity contribution in [2.24, 2.45) is 17.7 Å². The largest absolute Gasteiger partial charge is 0.354 e. The predicted molar refractivity (Wildman–Crippen MR) is 278 cm³/mol. The lowest BCUT2D eigenvalue weighted by Gasteiger charge is -2.41. The van der Waals surface area contributed by atoms with Crippen molar-refractivity contribution >= 4 is 68.3 Å². The van der Waals surface area contributed by atoms with Crippen LogP contribution in [0.3, 0.4) is 0 Å². The number of amides is 3. The molecule has 6 aromatic heterocycles. The number of carbonyl (C=O) groups excluding carboxylic acids is 3. The normalized spacial score (nSPS) is 41.9. The Labute approximate surface area is 485 Å². The lowest BCUT2D eigenvalue weighted by Crippen LogP contribution is -2.53. The molecule has 3 fully saturated rings. The van der Waals surface area contributed by atoms with Crippen molar-refractivity contribution in [2.45, 2.75) is 78.6 Å². The van der Waals surface area contributed by atoms with Gasteiger partial charge in [0.05, 0.1) is 50.7 Å². The van der Waals surface area contributed by atoms with Crippen LogP contribution in [0.1, 0.15) is 120 Å². The molecule has 0 spiro atoms. The SMILES string of the molecule is [2H]c1nc(N(C([2H])([2H])[2H])[C@@]2([2H])C([2H])([2H])N(C(=O)C([2H])([2H])[N+]#[C-])C([2H])([2H])C([2H])([2H])[C@@]2([2H])C)c2c([2H])c(C)[nH]c2n1.[2H]c1nc(N(C([2H])([2H])[2H])[C@]2([2H])[C@H](C([2H])([2H])[2H])C([2H])([2H])C([2H])([2H])N(C(=O)C([2H])([2H])[N+]#[C-])C2([2H])[2H])c2c([2H])c(C)[nH]c2n1.[2H]c1nc(N(C([2H])([2H])[2H])[C@]2([2H])[C@H](C)C([2H])([2H])C([2H])([2H])N(C(=O)C([2H])([2H])[N+]#[C-])C2([2H])[2H])c2c([2H])c(C)[nH]c2n1. The number of nitrogens with zero attached hydrogens (tertiary/aromatic N) is 15. The van der Waals surface area contributed by atoms with Crippen molar-refractivity contribution in [3.05, 3.63) is 88.4 Å². The van der Waals surface area contributed by atoms with Crippen LogP contribution in [0.15, 0.2) is 37.0 Å². The van der Waals surface area contributed by atoms with Gasteiger partial charge in [0.1, 0.15) is 65.6 Å². The number of anilines is 3. The summed E-state index contributed by atoms with van der Waals surface area (Å²) in [4.78, 5) is 74.0. The van der Waals surface area contributed by atoms with Crippen LogP contribution in [0, 0.1) is 58.2 Å². The first kappa shape index (κ1) is 19.0. The van der Waals surface area contributed by atoms with E-state index in [0.717, 1.165) is 6.92 Å². The molecule has 21 heteroatoms. The monoisotopic (exact) mass is 1020 g/mol. The fourth-order valence-corrected chi connectivity index (χ4v) is 6.17. The Morgan fingerprint density at radius 1 is 0.625 bits per heavy atom. The molecule has 0 aromatic carbocycles. The van der Waals surface area contributed by atoms with E-state index >= 15 is 0 Å². The van der Waals surface area contributed by atoms with Crippen LogP contribution in [0.5, 0.6) is 0 Å². The van der Waals surface area contributed by atoms with Gasteiger partial charge in [-0.25, -0.2) is 49.6 Å². The molecule has 72 heavy (non-hydrogen) atoms. The summed E-state index contributed by atoms with van der Waals surface area (Å²) in [6.45, 7) is -23.5. The van der Waals surface area contributed by atoms with Gasteiger partial charge in [0.2, 0.25) is 0 Å². The van der Waals surface area contributed by atoms with Gasteiger partial charge in [-0.3, -0.25) is 14.4 Å². The molecular weight excluding hydrogens is 913 g/mol. The molecule has 3 N–H and O–H groups in total. The van der Waals surface area contributed by atoms with Gasteiger partial charge in [-0.1, -0.05) is 20.7 Å². The number of hydrogen-bond acceptors (Lipinski definition) is 12. The van der Waals surface area contributed by atoms with E-state index in [1.54, 1.807) is 0 Å². The lowest BCUT2D eigenvalue weighted by atomic mass is 9.92. The average molecular weight is 1030 g/mol. The van der Waals surface area contributed by atoms with Gasteiger partial charge in [-0.15, -0.1) is 0 Å². The van der Waals surface area contributed by atoms with Crippen molar-refractivity contribution in [2.75, 3.05) is 94.1 Å². The number of aromatic amines is 3. The summed E-state index contributed by atoms with van der Waals surface area (Å²) in [6, 6.07) is -12.9. The second-order valence-corrected chi connectivity index (χ2v) is 14.3. The molecule has 3 aliphatic heterocycles. The number of likely N-dealkylation sites (tertiary alicyclic amines) is 3. The highest BCUT2D eigenvalue weighted by Gasteiger charge is 2.36. The van der Waals surface area contributed by atoms with E-state index in [2.05, 4.69) is 59.4 Å². The summed E-state index contributed by atoms with van der Waals surface area (Å²) >= 11 is 0. The number of piperidine rings is 3. The smallest absolute Gasteiger partial charge is 0.302 e. The average Bonchev–Trinajstić information content (AvgIpc) is 1.42. The molecule has 0 unspecified atom stereocenters. The van der Waals surface area contributed by atoms with Crippen LogP contribution in [0.4, 0.5) is 17.5 Å². The second-order valence-electron chi connectivity index (χ2n) is 14.3. The van der Waals surface area contributed by atoms with Crippen LogP contribution in [0.25, 0.3) is 47.6 Å². The minimum Gasteiger partial charge on any atom is -0.354 e. The quantitative estimate of drug-likeness (QED) is 0.152. The Bertz CT molecular complexity index is 5180. The highest BCUT2D eigenvalue weighted by atomic mass is 16.2. The summed E-state index contributed by atoms with van der Waals surface area (Å²) in [6.07, 6.45) is -13.9. The second kappa shape index (κ2) is 22.9. The van der Waals surface area contributed by atoms with Gasteiger partial charge in [0.25, 0.3) is 19.5 Å². The first-order chi connectivity index (χ1) is 52.3. The van der Waals surface area contributed by atoms with Crippen molar-refractivity contribution in [1.82, 2.24) is 59.6 Å². The maximum Gasteiger partial charge on any atom is 0.302 e. The molecule has 3 saturated heterocycles. The van der Waals surface area contributed by atoms with Crippen molar-refractivity contribution in [3.8, 4) is 0 Å². The van der Waals surface area contributed by atoms with Crippen molar-refractivity contribution in [1.29, 1.82) is 0 Å². The van der Waals surface area contributed by atoms with E-state index in [1.807, 2.05) is 0 Å². The molecule has 0 aliphatic carbocycles. The van der Waals surface area contributed by atoms with Crippen LogP contribution >= 0.6 is 0 Å². The zero-order chi connectivity index (χ0) is 92.2. The lowest BCUT2D eigenvalue weighted by molar-refractivity contribution is -0.131. The molecule has 6 atom stereocenters. The molecule has 378 valence electrons. The Hall–Kier alpha value is -7.86. The molecule has 0 radical (unpaired) electrons. The maximum atomic E-state index is 13.2. The van der Waals surface area contributed by atoms with Gasteiger partial charge in [0.15, 0.2) is 0 Å². The molecule has 9 rings (SSSR count). The number of likely N-dealkylation sites (N-methyl/N-ethyl adjacent to an activating group) is 3. The van der Waals surface area contributed by atoms with Crippen LogP contribution in [0.2, 0.25) is 0 Å². The van der Waals surface area contributed by atoms with Gasteiger partial charge < -0.3 is 58.9 Å². The minimum absolute atomic E-state index is 0.0151. The van der Waals surface area contributed by atoms with E-state index in [1.165, 1.54) is 20.8 Å². The standard InChI is InChI=1S/3C17H22N6O/c3*1-11-5-6-23(15(24)8-18-3)9-14(11)22(4)17-13-7-12(2)21-16(13)19-10-20-17/h3*7,10-11,14H,5-6,8-9H2,1-2,4H3,(H,19,20,21)/t3*11-,14+/m111/s1/i4D3,5D2,6D2,7D,8D2,9D2,10D,11D,14D;1D3,4D3,5D2,6D2,7D,8D2,9D2,10D,14D;4D3,5D2,6D2,7D,8D2,9D2,10D,14D. The van der Waals surface area contributed by atoms with Gasteiger partial charge in [-0.2, -0.15) is 0 Å². The van der Waals surface area contributed by atoms with Crippen LogP contribution in [-0.4, -0.2) is 175 Å². The maximum absolute atomic E-state index is 13.2. The third kappa shape index (κ3) is 11.5. The highest BCUT2D eigenvalue weighted by molar-refractivity contribution is 5.90. The van der Waals surface area contributed by atoms with E-state index in [0.29, 0.717) is 6.92 Å². The zero-order valence-electron chi connectivity index (χ0n) is 83.6. The number of nitrogens with one attached hydrogen (secondary N) is 3. The molecule has 6 aromatic rings. The van der Waals surface area contributed by atoms with E-state index in [4.69, 9.17) is 78.7 Å². The third-order valence-electron chi connectivity index (χ3n) is 9.37. The first-order valence-corrected chi connectivity index (χ1v) is 19.9. The van der Waals surface area contributed by atoms with Gasteiger partial charge >= 0.3 is 17.7 Å². The molecule has 21 nitrogen and oxygen atoms in total. The number of H-pyrrole nitrogens is 3. The number of hydrogen-bond donors (Lipinski definition) is 3. The van der Waals surface area contributed by atoms with E-state index in [-0.39, 0.29) is 60.2 Å². The number of carbonyl (C=O) groups is 3. The third-order valence-corrected chi connectivity index (χ3v) is 9.37. The van der Waals surface area contributed by atoms with Crippen molar-refractivity contribution < 1.29 is 77.4 Å². The summed E-state index contributed by atoms with van der Waals surface area (Å²) in [7, 11) is 0. The number of aryl methyl sites for hydroxylation is 3. The number of aromatic nitrogens is 9. The Balaban J connectivity index is 0.000000245. The Morgan fingerprint density at radius 2 is 0.972 bits per heavy atom. The predicted octanol–water partition coefficient (Wildman–Crippen LogP) is 5.58. The molecule has 3 amide bonds. The van der Waals surface area contributed by atoms with Crippen molar-refractivity contribution in [3.63, 3.8) is 0 Å². The first-order valence-electron chi connectivity index (χ1n) is 42.9. The molecular formula is C51H66N18O3. The highest BCUT2D eigenvalue weighted by Crippen LogP contribution is 2.32. The molecule has 0 bridgehead atoms. The van der Waals surface area contributed by atoms with Crippen LogP contribution < -0.4 is 14.7 Å². The molecule has 9 heterocycles. The Kier molecular flexibility index (Phi) is 6.03. The number of rotatable bonds is 9. The molecule has 0 saturated carbocycles. The summed E-state index contributed by atoms with van der Waals surface area (Å²) in [5.74, 6) is -18.7. The summed E-state index contributed by atoms with van der Waals surface area (Å²) in [5.41, 5.74) is -0.621. The topological polar surface area (TPSA) is 208 Å². The summed E-state index contributed by atoms with van der Waals surface area (Å²) in [5, 5.41) is -1.38. The zero-order valence-corrected chi connectivity index (χ0v) is 37.6. The fourth-order valence-electron chi connectivity index (χ4n) is 6.17. The van der Waals surface area contributed by atoms with Crippen LogP contribution in [-0.2, 0) is 14.4 Å². The van der Waals surface area contributed by atoms with Gasteiger partial charge in [0, 0.05) is 111 Å². The van der Waals surface area contributed by atoms with E-state index < -0.39 is 233 Å². The number of fused-ring (bicyclic) bond motifs is 3. The summed E-state index contributed by atoms with van der Waals surface area (Å²) < 4.78 is 382. The fraction of sp³-hybridized carbons (Fsp3) is 0.529. The molecule has 3 aliphatic rings. The minimum atomic E-state index is -4.25. The van der Waals surface area contributed by atoms with Gasteiger partial charge in [-0.05, 0) is 75.7 Å². The Morgan fingerprint density at radius 3 is 1.35 bits per heavy atom.